The van der Waals surface area contributed by atoms with Crippen LogP contribution in [0.2, 0.25) is 0 Å². The van der Waals surface area contributed by atoms with Crippen LogP contribution in [0, 0.1) is 5.92 Å². The molecule has 1 aromatic carbocycles. The van der Waals surface area contributed by atoms with E-state index in [9.17, 15) is 9.59 Å². The fourth-order valence-electron chi connectivity index (χ4n) is 2.56. The van der Waals surface area contributed by atoms with Gasteiger partial charge in [-0.2, -0.15) is 0 Å². The van der Waals surface area contributed by atoms with Crippen molar-refractivity contribution in [2.45, 2.75) is 26.8 Å². The first-order chi connectivity index (χ1) is 11.0. The molecule has 0 saturated carbocycles. The van der Waals surface area contributed by atoms with Gasteiger partial charge in [0, 0.05) is 30.0 Å². The average Bonchev–Trinajstić information content (AvgIpc) is 2.50. The maximum atomic E-state index is 12.2. The second-order valence-electron chi connectivity index (χ2n) is 6.08. The summed E-state index contributed by atoms with van der Waals surface area (Å²) in [6.45, 7) is 5.19. The van der Waals surface area contributed by atoms with Gasteiger partial charge in [0.1, 0.15) is 13.2 Å². The van der Waals surface area contributed by atoms with Crippen molar-refractivity contribution in [1.29, 1.82) is 0 Å². The first kappa shape index (κ1) is 15.4. The Hall–Kier alpha value is -2.50. The zero-order chi connectivity index (χ0) is 16.4. The molecule has 23 heavy (non-hydrogen) atoms. The minimum Gasteiger partial charge on any atom is -0.486 e. The lowest BCUT2D eigenvalue weighted by Gasteiger charge is -2.18. The smallest absolute Gasteiger partial charge is 0.253 e. The number of aromatic amines is 1. The number of ether oxygens (including phenoxy) is 2. The molecule has 0 aliphatic carbocycles. The van der Waals surface area contributed by atoms with E-state index >= 15 is 0 Å². The molecule has 122 valence electrons. The standard InChI is InChI=1S/C17H20N2O4/c1-10(2)5-16(20)18-9-12-6-11-7-14-15(23-4-3-22-14)8-13(11)19-17(12)21/h6-8,10H,3-5,9H2,1-2H3,(H,18,20)(H,19,21). The predicted molar refractivity (Wildman–Crippen MR) is 86.9 cm³/mol. The quantitative estimate of drug-likeness (QED) is 0.903. The molecular formula is C17H20N2O4. The Morgan fingerprint density at radius 1 is 1.22 bits per heavy atom. The Morgan fingerprint density at radius 3 is 2.61 bits per heavy atom. The van der Waals surface area contributed by atoms with Crippen LogP contribution in [0.5, 0.6) is 11.5 Å². The summed E-state index contributed by atoms with van der Waals surface area (Å²) in [5.74, 6) is 1.54. The lowest BCUT2D eigenvalue weighted by atomic mass is 10.1. The number of hydrogen-bond acceptors (Lipinski definition) is 4. The van der Waals surface area contributed by atoms with Gasteiger partial charge in [-0.25, -0.2) is 0 Å². The maximum absolute atomic E-state index is 12.2. The van der Waals surface area contributed by atoms with E-state index < -0.39 is 0 Å². The largest absolute Gasteiger partial charge is 0.486 e. The van der Waals surface area contributed by atoms with Crippen molar-refractivity contribution >= 4 is 16.8 Å². The first-order valence-corrected chi connectivity index (χ1v) is 7.75. The molecule has 1 aliphatic heterocycles. The molecule has 2 heterocycles. The molecule has 1 aliphatic rings. The summed E-state index contributed by atoms with van der Waals surface area (Å²) in [6.07, 6.45) is 0.449. The molecule has 0 spiro atoms. The molecule has 6 heteroatoms. The minimum absolute atomic E-state index is 0.0540. The van der Waals surface area contributed by atoms with Crippen LogP contribution in [0.25, 0.3) is 10.9 Å². The number of pyridine rings is 1. The molecule has 0 radical (unpaired) electrons. The third-order valence-electron chi connectivity index (χ3n) is 3.65. The van der Waals surface area contributed by atoms with Crippen LogP contribution < -0.4 is 20.3 Å². The normalized spacial score (nSPS) is 13.3. The molecule has 0 saturated heterocycles. The molecule has 6 nitrogen and oxygen atoms in total. The summed E-state index contributed by atoms with van der Waals surface area (Å²) < 4.78 is 11.1. The van der Waals surface area contributed by atoms with E-state index in [0.29, 0.717) is 42.2 Å². The van der Waals surface area contributed by atoms with Crippen LogP contribution in [0.15, 0.2) is 23.0 Å². The van der Waals surface area contributed by atoms with Crippen molar-refractivity contribution in [3.8, 4) is 11.5 Å². The number of carbonyl (C=O) groups is 1. The summed E-state index contributed by atoms with van der Waals surface area (Å²) in [6, 6.07) is 5.40. The van der Waals surface area contributed by atoms with Gasteiger partial charge in [-0.05, 0) is 18.1 Å². The predicted octanol–water partition coefficient (Wildman–Crippen LogP) is 1.96. The van der Waals surface area contributed by atoms with E-state index in [-0.39, 0.29) is 23.9 Å². The number of amides is 1. The van der Waals surface area contributed by atoms with Crippen molar-refractivity contribution in [3.05, 3.63) is 34.1 Å². The fourth-order valence-corrected chi connectivity index (χ4v) is 2.56. The van der Waals surface area contributed by atoms with Crippen LogP contribution >= 0.6 is 0 Å². The lowest BCUT2D eigenvalue weighted by molar-refractivity contribution is -0.121. The van der Waals surface area contributed by atoms with Crippen LogP contribution in [-0.4, -0.2) is 24.1 Å². The van der Waals surface area contributed by atoms with Crippen molar-refractivity contribution in [3.63, 3.8) is 0 Å². The van der Waals surface area contributed by atoms with Crippen molar-refractivity contribution in [2.75, 3.05) is 13.2 Å². The van der Waals surface area contributed by atoms with Crippen molar-refractivity contribution in [2.24, 2.45) is 5.92 Å². The highest BCUT2D eigenvalue weighted by Gasteiger charge is 2.14. The molecule has 2 aromatic rings. The van der Waals surface area contributed by atoms with Crippen molar-refractivity contribution in [1.82, 2.24) is 10.3 Å². The molecule has 1 amide bonds. The number of rotatable bonds is 4. The van der Waals surface area contributed by atoms with Crippen LogP contribution in [0.4, 0.5) is 0 Å². The fraction of sp³-hybridized carbons (Fsp3) is 0.412. The van der Waals surface area contributed by atoms with E-state index in [0.717, 1.165) is 5.39 Å². The second-order valence-corrected chi connectivity index (χ2v) is 6.08. The number of carbonyl (C=O) groups excluding carboxylic acids is 1. The summed E-state index contributed by atoms with van der Waals surface area (Å²) >= 11 is 0. The van der Waals surface area contributed by atoms with Gasteiger partial charge < -0.3 is 19.8 Å². The van der Waals surface area contributed by atoms with Gasteiger partial charge in [0.25, 0.3) is 5.56 Å². The summed E-state index contributed by atoms with van der Waals surface area (Å²) in [5, 5.41) is 3.63. The maximum Gasteiger partial charge on any atom is 0.253 e. The second kappa shape index (κ2) is 6.32. The highest BCUT2D eigenvalue weighted by atomic mass is 16.6. The molecule has 2 N–H and O–H groups in total. The van der Waals surface area contributed by atoms with Gasteiger partial charge in [0.05, 0.1) is 5.52 Å². The number of benzene rings is 1. The first-order valence-electron chi connectivity index (χ1n) is 7.75. The molecule has 0 bridgehead atoms. The van der Waals surface area contributed by atoms with E-state index in [4.69, 9.17) is 9.47 Å². The number of nitrogens with one attached hydrogen (secondary N) is 2. The topological polar surface area (TPSA) is 80.4 Å². The zero-order valence-corrected chi connectivity index (χ0v) is 13.3. The summed E-state index contributed by atoms with van der Waals surface area (Å²) in [5.41, 5.74) is 1.00. The Morgan fingerprint density at radius 2 is 1.91 bits per heavy atom. The third-order valence-corrected chi connectivity index (χ3v) is 3.65. The van der Waals surface area contributed by atoms with Crippen molar-refractivity contribution < 1.29 is 14.3 Å². The number of fused-ring (bicyclic) bond motifs is 2. The molecule has 0 unspecified atom stereocenters. The van der Waals surface area contributed by atoms with E-state index in [2.05, 4.69) is 10.3 Å². The van der Waals surface area contributed by atoms with Gasteiger partial charge in [-0.1, -0.05) is 13.8 Å². The lowest BCUT2D eigenvalue weighted by Crippen LogP contribution is -2.27. The Labute approximate surface area is 133 Å². The highest BCUT2D eigenvalue weighted by Crippen LogP contribution is 2.33. The minimum atomic E-state index is -0.209. The molecule has 0 fully saturated rings. The van der Waals surface area contributed by atoms with E-state index in [1.165, 1.54) is 0 Å². The summed E-state index contributed by atoms with van der Waals surface area (Å²) in [4.78, 5) is 26.7. The average molecular weight is 316 g/mol. The molecule has 0 atom stereocenters. The monoisotopic (exact) mass is 316 g/mol. The van der Waals surface area contributed by atoms with Gasteiger partial charge in [0.15, 0.2) is 11.5 Å². The Bertz CT molecular complexity index is 795. The van der Waals surface area contributed by atoms with Gasteiger partial charge in [0.2, 0.25) is 5.91 Å². The number of aromatic nitrogens is 1. The van der Waals surface area contributed by atoms with E-state index in [1.807, 2.05) is 19.9 Å². The van der Waals surface area contributed by atoms with Crippen LogP contribution in [-0.2, 0) is 11.3 Å². The number of hydrogen-bond donors (Lipinski definition) is 2. The Balaban J connectivity index is 1.85. The highest BCUT2D eigenvalue weighted by molar-refractivity contribution is 5.83. The summed E-state index contributed by atoms with van der Waals surface area (Å²) in [7, 11) is 0. The SMILES string of the molecule is CC(C)CC(=O)NCc1cc2cc3c(cc2[nH]c1=O)OCCO3. The third kappa shape index (κ3) is 3.47. The molecule has 3 rings (SSSR count). The molecular weight excluding hydrogens is 296 g/mol. The van der Waals surface area contributed by atoms with Gasteiger partial charge in [-0.3, -0.25) is 9.59 Å². The zero-order valence-electron chi connectivity index (χ0n) is 13.3. The number of H-pyrrole nitrogens is 1. The van der Waals surface area contributed by atoms with Crippen LogP contribution in [0.1, 0.15) is 25.8 Å². The van der Waals surface area contributed by atoms with E-state index in [1.54, 1.807) is 12.1 Å². The van der Waals surface area contributed by atoms with Gasteiger partial charge >= 0.3 is 0 Å². The van der Waals surface area contributed by atoms with Gasteiger partial charge in [-0.15, -0.1) is 0 Å². The molecule has 1 aromatic heterocycles. The Kier molecular flexibility index (Phi) is 4.23. The van der Waals surface area contributed by atoms with Crippen LogP contribution in [0.3, 0.4) is 0 Å².